The highest BCUT2D eigenvalue weighted by molar-refractivity contribution is 5.73. The molecule has 1 rings (SSSR count). The molecule has 1 amide bonds. The molecule has 0 aromatic heterocycles. The Balaban J connectivity index is 2.55. The first-order chi connectivity index (χ1) is 7.24. The number of hydrogen-bond acceptors (Lipinski definition) is 3. The van der Waals surface area contributed by atoms with Crippen LogP contribution in [-0.4, -0.2) is 19.1 Å². The lowest BCUT2D eigenvalue weighted by atomic mass is 10.3. The van der Waals surface area contributed by atoms with Gasteiger partial charge in [-0.1, -0.05) is 12.1 Å². The van der Waals surface area contributed by atoms with Crippen molar-refractivity contribution in [2.24, 2.45) is 5.73 Å². The first kappa shape index (κ1) is 11.4. The lowest BCUT2D eigenvalue weighted by Crippen LogP contribution is -2.14. The molecule has 1 aromatic rings. The van der Waals surface area contributed by atoms with Crippen LogP contribution in [0.4, 0.5) is 0 Å². The Morgan fingerprint density at radius 2 is 1.87 bits per heavy atom. The van der Waals surface area contributed by atoms with Gasteiger partial charge in [0.15, 0.2) is 11.5 Å². The number of carbonyl (C=O) groups excluding carboxylic acids is 1. The SMILES string of the molecule is CCOc1ccccc1OCCC(N)=O. The second-order valence-corrected chi connectivity index (χ2v) is 2.94. The van der Waals surface area contributed by atoms with Gasteiger partial charge >= 0.3 is 0 Å². The molecule has 0 aliphatic carbocycles. The number of nitrogens with two attached hydrogens (primary N) is 1. The lowest BCUT2D eigenvalue weighted by molar-refractivity contribution is -0.118. The van der Waals surface area contributed by atoms with Gasteiger partial charge in [-0.05, 0) is 19.1 Å². The minimum absolute atomic E-state index is 0.209. The summed E-state index contributed by atoms with van der Waals surface area (Å²) in [5.41, 5.74) is 5.00. The average molecular weight is 209 g/mol. The first-order valence-electron chi connectivity index (χ1n) is 4.87. The summed E-state index contributed by atoms with van der Waals surface area (Å²) < 4.78 is 10.7. The summed E-state index contributed by atoms with van der Waals surface area (Å²) in [4.78, 5) is 10.5. The van der Waals surface area contributed by atoms with Crippen LogP contribution < -0.4 is 15.2 Å². The van der Waals surface area contributed by atoms with Crippen molar-refractivity contribution in [3.8, 4) is 11.5 Å². The second kappa shape index (κ2) is 5.90. The van der Waals surface area contributed by atoms with Gasteiger partial charge in [0.2, 0.25) is 5.91 Å². The van der Waals surface area contributed by atoms with Gasteiger partial charge in [0, 0.05) is 0 Å². The van der Waals surface area contributed by atoms with Crippen LogP contribution in [0.3, 0.4) is 0 Å². The third-order valence-electron chi connectivity index (χ3n) is 1.76. The number of benzene rings is 1. The fraction of sp³-hybridized carbons (Fsp3) is 0.364. The van der Waals surface area contributed by atoms with E-state index in [4.69, 9.17) is 15.2 Å². The summed E-state index contributed by atoms with van der Waals surface area (Å²) in [6, 6.07) is 7.34. The third-order valence-corrected chi connectivity index (χ3v) is 1.76. The Morgan fingerprint density at radius 3 is 2.40 bits per heavy atom. The number of hydrogen-bond donors (Lipinski definition) is 1. The smallest absolute Gasteiger partial charge is 0.220 e. The molecule has 0 heterocycles. The van der Waals surface area contributed by atoms with Crippen LogP contribution >= 0.6 is 0 Å². The molecule has 4 heteroatoms. The predicted octanol–water partition coefficient (Wildman–Crippen LogP) is 1.34. The number of carbonyl (C=O) groups is 1. The molecule has 0 atom stereocenters. The predicted molar refractivity (Wildman–Crippen MR) is 56.9 cm³/mol. The second-order valence-electron chi connectivity index (χ2n) is 2.94. The molecule has 4 nitrogen and oxygen atoms in total. The van der Waals surface area contributed by atoms with E-state index in [9.17, 15) is 4.79 Å². The monoisotopic (exact) mass is 209 g/mol. The van der Waals surface area contributed by atoms with E-state index < -0.39 is 0 Å². The maximum Gasteiger partial charge on any atom is 0.220 e. The van der Waals surface area contributed by atoms with E-state index in [1.807, 2.05) is 25.1 Å². The molecular formula is C11H15NO3. The Bertz CT molecular complexity index is 325. The van der Waals surface area contributed by atoms with Crippen LogP contribution in [0.15, 0.2) is 24.3 Å². The summed E-state index contributed by atoms with van der Waals surface area (Å²) in [7, 11) is 0. The summed E-state index contributed by atoms with van der Waals surface area (Å²) in [5.74, 6) is 0.953. The fourth-order valence-corrected chi connectivity index (χ4v) is 1.11. The normalized spacial score (nSPS) is 9.67. The van der Waals surface area contributed by atoms with E-state index in [2.05, 4.69) is 0 Å². The van der Waals surface area contributed by atoms with Crippen molar-refractivity contribution in [2.75, 3.05) is 13.2 Å². The van der Waals surface area contributed by atoms with Crippen molar-refractivity contribution >= 4 is 5.91 Å². The van der Waals surface area contributed by atoms with Gasteiger partial charge in [0.05, 0.1) is 19.6 Å². The van der Waals surface area contributed by atoms with Crippen LogP contribution in [0.5, 0.6) is 11.5 Å². The van der Waals surface area contributed by atoms with E-state index in [1.54, 1.807) is 6.07 Å². The van der Waals surface area contributed by atoms with Crippen molar-refractivity contribution in [3.63, 3.8) is 0 Å². The molecule has 0 spiro atoms. The fourth-order valence-electron chi connectivity index (χ4n) is 1.11. The maximum absolute atomic E-state index is 10.5. The topological polar surface area (TPSA) is 61.6 Å². The molecule has 0 bridgehead atoms. The van der Waals surface area contributed by atoms with Gasteiger partial charge in [-0.25, -0.2) is 0 Å². The zero-order valence-corrected chi connectivity index (χ0v) is 8.73. The van der Waals surface area contributed by atoms with Crippen molar-refractivity contribution in [3.05, 3.63) is 24.3 Å². The molecule has 0 fully saturated rings. The molecule has 82 valence electrons. The Hall–Kier alpha value is -1.71. The van der Waals surface area contributed by atoms with Crippen molar-refractivity contribution in [1.29, 1.82) is 0 Å². The average Bonchev–Trinajstić information content (AvgIpc) is 2.20. The molecule has 0 aliphatic rings. The summed E-state index contributed by atoms with van der Waals surface area (Å²) >= 11 is 0. The van der Waals surface area contributed by atoms with Gasteiger partial charge in [-0.2, -0.15) is 0 Å². The zero-order valence-electron chi connectivity index (χ0n) is 8.73. The van der Waals surface area contributed by atoms with Gasteiger partial charge < -0.3 is 15.2 Å². The molecule has 0 unspecified atom stereocenters. The lowest BCUT2D eigenvalue weighted by Gasteiger charge is -2.10. The molecule has 15 heavy (non-hydrogen) atoms. The van der Waals surface area contributed by atoms with Gasteiger partial charge in [-0.15, -0.1) is 0 Å². The van der Waals surface area contributed by atoms with Crippen LogP contribution in [0.1, 0.15) is 13.3 Å². The van der Waals surface area contributed by atoms with E-state index in [0.29, 0.717) is 18.1 Å². The van der Waals surface area contributed by atoms with E-state index in [-0.39, 0.29) is 18.9 Å². The Morgan fingerprint density at radius 1 is 1.27 bits per heavy atom. The Kier molecular flexibility index (Phi) is 4.47. The molecule has 1 aromatic carbocycles. The zero-order chi connectivity index (χ0) is 11.1. The van der Waals surface area contributed by atoms with E-state index in [0.717, 1.165) is 0 Å². The highest BCUT2D eigenvalue weighted by atomic mass is 16.5. The van der Waals surface area contributed by atoms with Gasteiger partial charge in [0.25, 0.3) is 0 Å². The molecule has 0 saturated carbocycles. The quantitative estimate of drug-likeness (QED) is 0.769. The summed E-state index contributed by atoms with van der Waals surface area (Å²) in [5, 5.41) is 0. The molecule has 0 saturated heterocycles. The minimum Gasteiger partial charge on any atom is -0.490 e. The largest absolute Gasteiger partial charge is 0.490 e. The minimum atomic E-state index is -0.371. The number of amides is 1. The number of rotatable bonds is 6. The van der Waals surface area contributed by atoms with Crippen LogP contribution in [0.25, 0.3) is 0 Å². The molecule has 0 radical (unpaired) electrons. The van der Waals surface area contributed by atoms with E-state index >= 15 is 0 Å². The number of para-hydroxylation sites is 2. The van der Waals surface area contributed by atoms with Crippen molar-refractivity contribution < 1.29 is 14.3 Å². The van der Waals surface area contributed by atoms with Crippen molar-refractivity contribution in [2.45, 2.75) is 13.3 Å². The molecular weight excluding hydrogens is 194 g/mol. The highest BCUT2D eigenvalue weighted by Crippen LogP contribution is 2.26. The molecule has 2 N–H and O–H groups in total. The number of primary amides is 1. The number of ether oxygens (including phenoxy) is 2. The van der Waals surface area contributed by atoms with Gasteiger partial charge in [-0.3, -0.25) is 4.79 Å². The van der Waals surface area contributed by atoms with E-state index in [1.165, 1.54) is 0 Å². The van der Waals surface area contributed by atoms with Crippen LogP contribution in [0, 0.1) is 0 Å². The Labute approximate surface area is 89.0 Å². The summed E-state index contributed by atoms with van der Waals surface area (Å²) in [6.07, 6.45) is 0.209. The summed E-state index contributed by atoms with van der Waals surface area (Å²) in [6.45, 7) is 2.76. The van der Waals surface area contributed by atoms with Crippen LogP contribution in [-0.2, 0) is 4.79 Å². The third kappa shape index (κ3) is 3.89. The standard InChI is InChI=1S/C11H15NO3/c1-2-14-9-5-3-4-6-10(9)15-8-7-11(12)13/h3-6H,2,7-8H2,1H3,(H2,12,13). The molecule has 0 aliphatic heterocycles. The van der Waals surface area contributed by atoms with Crippen LogP contribution in [0.2, 0.25) is 0 Å². The highest BCUT2D eigenvalue weighted by Gasteiger charge is 2.03. The van der Waals surface area contributed by atoms with Gasteiger partial charge in [0.1, 0.15) is 0 Å². The maximum atomic E-state index is 10.5. The first-order valence-corrected chi connectivity index (χ1v) is 4.87. The van der Waals surface area contributed by atoms with Crippen molar-refractivity contribution in [1.82, 2.24) is 0 Å².